The van der Waals surface area contributed by atoms with Crippen LogP contribution in [-0.4, -0.2) is 34.3 Å². The molecule has 0 saturated carbocycles. The number of fused-ring (bicyclic) bond motifs is 13. The van der Waals surface area contributed by atoms with E-state index in [0.29, 0.717) is 10.9 Å². The van der Waals surface area contributed by atoms with E-state index >= 15 is 0 Å². The first-order valence-electron chi connectivity index (χ1n) is 27.1. The standard InChI is InChI=1S/C63H78B2O4/c1-9-13-17-25-33-62(32-24-16-12-4)52-36-46-47-37-53-49(59-45-31-23-21-29-43(45)57(65(68)69)41-55(59)63(53,34-26-18-14-10-2)35-27-19-15-11-3)39-51(47)61(7,8)60(5,6)50(46)38-48(52)58-44-30-22-20-28-42(44)56(64(66)67)40-54(58)62/h10,20-23,28-31,36-41,66-69H,2,9,11-19,24-27,32-35H2,1,3-8H3. The van der Waals surface area contributed by atoms with E-state index in [4.69, 9.17) is 0 Å². The smallest absolute Gasteiger partial charge is 0.423 e. The van der Waals surface area contributed by atoms with Crippen molar-refractivity contribution in [3.8, 4) is 33.4 Å². The second-order valence-corrected chi connectivity index (χ2v) is 22.5. The topological polar surface area (TPSA) is 80.9 Å². The van der Waals surface area contributed by atoms with Gasteiger partial charge in [-0.3, -0.25) is 0 Å². The lowest BCUT2D eigenvalue weighted by atomic mass is 9.54. The fourth-order valence-electron chi connectivity index (χ4n) is 13.8. The Morgan fingerprint density at radius 2 is 0.768 bits per heavy atom. The maximum atomic E-state index is 11.1. The molecule has 360 valence electrons. The van der Waals surface area contributed by atoms with Gasteiger partial charge in [0.1, 0.15) is 0 Å². The fraction of sp³-hybridized carbons (Fsp3) is 0.460. The molecule has 0 bridgehead atoms. The van der Waals surface area contributed by atoms with Crippen molar-refractivity contribution in [3.05, 3.63) is 131 Å². The lowest BCUT2D eigenvalue weighted by molar-refractivity contribution is 0.299. The Bertz CT molecular complexity index is 2890. The monoisotopic (exact) mass is 921 g/mol. The zero-order valence-corrected chi connectivity index (χ0v) is 43.0. The molecule has 69 heavy (non-hydrogen) atoms. The Balaban J connectivity index is 1.37. The average molecular weight is 921 g/mol. The third-order valence-electron chi connectivity index (χ3n) is 18.2. The molecule has 0 saturated heterocycles. The Morgan fingerprint density at radius 3 is 1.14 bits per heavy atom. The van der Waals surface area contributed by atoms with Crippen LogP contribution >= 0.6 is 0 Å². The summed E-state index contributed by atoms with van der Waals surface area (Å²) in [5.74, 6) is 0. The molecule has 6 aromatic rings. The fourth-order valence-corrected chi connectivity index (χ4v) is 13.8. The molecule has 0 fully saturated rings. The summed E-state index contributed by atoms with van der Waals surface area (Å²) in [5.41, 5.74) is 16.0. The first-order valence-corrected chi connectivity index (χ1v) is 27.1. The van der Waals surface area contributed by atoms with Crippen LogP contribution in [0, 0.1) is 0 Å². The number of allylic oxidation sites excluding steroid dienone is 1. The van der Waals surface area contributed by atoms with Gasteiger partial charge in [0.05, 0.1) is 0 Å². The van der Waals surface area contributed by atoms with Crippen molar-refractivity contribution >= 4 is 46.7 Å². The van der Waals surface area contributed by atoms with Gasteiger partial charge in [0.2, 0.25) is 0 Å². The Hall–Kier alpha value is -4.45. The lowest BCUT2D eigenvalue weighted by Crippen LogP contribution is -2.44. The highest BCUT2D eigenvalue weighted by Gasteiger charge is 2.52. The minimum absolute atomic E-state index is 0.263. The zero-order chi connectivity index (χ0) is 48.9. The number of hydrogen-bond acceptors (Lipinski definition) is 4. The molecule has 6 aromatic carbocycles. The van der Waals surface area contributed by atoms with Crippen molar-refractivity contribution in [2.45, 2.75) is 186 Å². The number of unbranched alkanes of at least 4 members (excludes halogenated alkanes) is 10. The van der Waals surface area contributed by atoms with Crippen molar-refractivity contribution in [3.63, 3.8) is 0 Å². The summed E-state index contributed by atoms with van der Waals surface area (Å²) in [5, 5.41) is 48.4. The molecular formula is C63H78B2O4. The maximum absolute atomic E-state index is 11.1. The summed E-state index contributed by atoms with van der Waals surface area (Å²) in [7, 11) is -3.15. The van der Waals surface area contributed by atoms with Gasteiger partial charge in [0, 0.05) is 10.8 Å². The molecule has 0 heterocycles. The van der Waals surface area contributed by atoms with Crippen LogP contribution in [0.5, 0.6) is 0 Å². The third-order valence-corrected chi connectivity index (χ3v) is 18.2. The van der Waals surface area contributed by atoms with Crippen LogP contribution in [0.4, 0.5) is 0 Å². The molecule has 9 rings (SSSR count). The van der Waals surface area contributed by atoms with Crippen molar-refractivity contribution in [2.24, 2.45) is 0 Å². The van der Waals surface area contributed by atoms with Crippen molar-refractivity contribution < 1.29 is 20.1 Å². The predicted molar refractivity (Wildman–Crippen MR) is 295 cm³/mol. The van der Waals surface area contributed by atoms with Gasteiger partial charge >= 0.3 is 14.2 Å². The second kappa shape index (κ2) is 19.6. The summed E-state index contributed by atoms with van der Waals surface area (Å²) >= 11 is 0. The van der Waals surface area contributed by atoms with Crippen LogP contribution in [0.15, 0.2) is 97.6 Å². The lowest BCUT2D eigenvalue weighted by Gasteiger charge is -2.49. The first-order chi connectivity index (χ1) is 33.2. The number of rotatable bonds is 21. The van der Waals surface area contributed by atoms with E-state index in [-0.39, 0.29) is 21.7 Å². The van der Waals surface area contributed by atoms with Crippen molar-refractivity contribution in [2.75, 3.05) is 0 Å². The van der Waals surface area contributed by atoms with Crippen molar-refractivity contribution in [1.29, 1.82) is 0 Å². The SMILES string of the molecule is C=CCCCCC1(CCCCCC)c2cc3c(cc2-c2c1cc(B(O)O)c1ccccc21)C(C)(C)C(C)(C)c1cc2c(cc1-3)C(CCCCC)(CCCCCC)c1cc(B(O)O)c3ccccc3c1-2. The summed E-state index contributed by atoms with van der Waals surface area (Å²) in [4.78, 5) is 0. The molecule has 4 N–H and O–H groups in total. The molecule has 2 unspecified atom stereocenters. The molecule has 3 aliphatic rings. The minimum Gasteiger partial charge on any atom is -0.423 e. The predicted octanol–water partition coefficient (Wildman–Crippen LogP) is 14.4. The van der Waals surface area contributed by atoms with Gasteiger partial charge in [-0.25, -0.2) is 0 Å². The summed E-state index contributed by atoms with van der Waals surface area (Å²) in [6.45, 7) is 20.8. The van der Waals surface area contributed by atoms with Crippen LogP contribution < -0.4 is 10.9 Å². The Morgan fingerprint density at radius 1 is 0.420 bits per heavy atom. The largest absolute Gasteiger partial charge is 0.489 e. The van der Waals surface area contributed by atoms with Crippen LogP contribution in [0.2, 0.25) is 0 Å². The average Bonchev–Trinajstić information content (AvgIpc) is 3.76. The maximum Gasteiger partial charge on any atom is 0.489 e. The van der Waals surface area contributed by atoms with E-state index in [0.717, 1.165) is 98.6 Å². The van der Waals surface area contributed by atoms with E-state index < -0.39 is 14.2 Å². The quantitative estimate of drug-likeness (QED) is 0.0329. The molecule has 0 spiro atoms. The second-order valence-electron chi connectivity index (χ2n) is 22.5. The third kappa shape index (κ3) is 7.99. The highest BCUT2D eigenvalue weighted by Crippen LogP contribution is 2.64. The molecular weight excluding hydrogens is 842 g/mol. The van der Waals surface area contributed by atoms with Crippen molar-refractivity contribution in [1.82, 2.24) is 0 Å². The number of benzene rings is 6. The number of hydrogen-bond donors (Lipinski definition) is 4. The molecule has 0 amide bonds. The van der Waals surface area contributed by atoms with E-state index in [1.807, 2.05) is 18.2 Å². The van der Waals surface area contributed by atoms with Gasteiger partial charge in [-0.15, -0.1) is 6.58 Å². The highest BCUT2D eigenvalue weighted by atomic mass is 16.4. The first kappa shape index (κ1) is 49.5. The van der Waals surface area contributed by atoms with Crippen LogP contribution in [0.25, 0.3) is 54.9 Å². The molecule has 3 aliphatic carbocycles. The van der Waals surface area contributed by atoms with Gasteiger partial charge in [0.15, 0.2) is 0 Å². The van der Waals surface area contributed by atoms with Crippen LogP contribution in [0.3, 0.4) is 0 Å². The van der Waals surface area contributed by atoms with Gasteiger partial charge in [-0.05, 0) is 173 Å². The summed E-state index contributed by atoms with van der Waals surface area (Å²) in [6.07, 6.45) is 21.9. The molecule has 0 radical (unpaired) electrons. The van der Waals surface area contributed by atoms with E-state index in [1.54, 1.807) is 0 Å². The molecule has 2 atom stereocenters. The van der Waals surface area contributed by atoms with Gasteiger partial charge in [-0.1, -0.05) is 192 Å². The van der Waals surface area contributed by atoms with Gasteiger partial charge in [-0.2, -0.15) is 0 Å². The Labute approximate surface area is 415 Å². The van der Waals surface area contributed by atoms with Crippen LogP contribution in [0.1, 0.15) is 197 Å². The Kier molecular flexibility index (Phi) is 14.1. The van der Waals surface area contributed by atoms with Gasteiger partial charge < -0.3 is 20.1 Å². The summed E-state index contributed by atoms with van der Waals surface area (Å²) < 4.78 is 0. The minimum atomic E-state index is -1.58. The molecule has 4 nitrogen and oxygen atoms in total. The van der Waals surface area contributed by atoms with Crippen LogP contribution in [-0.2, 0) is 21.7 Å². The van der Waals surface area contributed by atoms with E-state index in [9.17, 15) is 20.1 Å². The molecule has 0 aromatic heterocycles. The normalized spacial score (nSPS) is 18.9. The molecule has 0 aliphatic heterocycles. The molecule has 6 heteroatoms. The summed E-state index contributed by atoms with van der Waals surface area (Å²) in [6, 6.07) is 31.7. The van der Waals surface area contributed by atoms with E-state index in [2.05, 4.69) is 128 Å². The highest BCUT2D eigenvalue weighted by molar-refractivity contribution is 6.62. The van der Waals surface area contributed by atoms with Gasteiger partial charge in [0.25, 0.3) is 0 Å². The van der Waals surface area contributed by atoms with E-state index in [1.165, 1.54) is 105 Å². The zero-order valence-electron chi connectivity index (χ0n) is 43.0.